The lowest BCUT2D eigenvalue weighted by molar-refractivity contribution is -0.150. The zero-order chi connectivity index (χ0) is 20.1. The third kappa shape index (κ3) is 4.23. The van der Waals surface area contributed by atoms with E-state index in [2.05, 4.69) is 74.9 Å². The molecule has 2 aliphatic rings. The molecule has 0 saturated carbocycles. The van der Waals surface area contributed by atoms with E-state index in [4.69, 9.17) is 4.74 Å². The number of esters is 1. The quantitative estimate of drug-likeness (QED) is 0.564. The first kappa shape index (κ1) is 20.4. The molecular formula is C25H31NO2. The van der Waals surface area contributed by atoms with Gasteiger partial charge in [0.15, 0.2) is 5.60 Å². The second kappa shape index (κ2) is 8.80. The molecule has 3 heteroatoms. The molecule has 2 aliphatic heterocycles. The van der Waals surface area contributed by atoms with Crippen LogP contribution in [0.3, 0.4) is 0 Å². The second-order valence-corrected chi connectivity index (χ2v) is 7.90. The van der Waals surface area contributed by atoms with Gasteiger partial charge in [-0.2, -0.15) is 0 Å². The zero-order valence-corrected chi connectivity index (χ0v) is 17.5. The van der Waals surface area contributed by atoms with Crippen molar-refractivity contribution in [3.05, 3.63) is 58.7 Å². The number of hydrogen-bond acceptors (Lipinski definition) is 3. The van der Waals surface area contributed by atoms with Crippen LogP contribution < -0.4 is 0 Å². The molecule has 1 saturated heterocycles. The molecule has 1 fully saturated rings. The summed E-state index contributed by atoms with van der Waals surface area (Å²) in [5.74, 6) is 6.37. The van der Waals surface area contributed by atoms with Gasteiger partial charge in [0.1, 0.15) is 0 Å². The Labute approximate surface area is 169 Å². The highest BCUT2D eigenvalue weighted by Crippen LogP contribution is 2.40. The Balaban J connectivity index is 1.93. The lowest BCUT2D eigenvalue weighted by Gasteiger charge is -2.43. The smallest absolute Gasteiger partial charge is 0.332 e. The van der Waals surface area contributed by atoms with Gasteiger partial charge in [0.25, 0.3) is 0 Å². The number of allylic oxidation sites excluding steroid dienone is 1. The standard InChI is InChI=1S/C25H31NO2/c1-5-9-21(16-15-20-13-11-19(6-2)12-14-20)22-18-24(27)28-25(22,3)23-10-7-8-17-26(23)4/h9,11-14,18,23H,5-8,10,17H2,1-4H3/b21-9-/t23?,25-/m0/s1. The number of aryl methyl sites for hydroxylation is 1. The number of benzene rings is 1. The molecule has 0 aliphatic carbocycles. The summed E-state index contributed by atoms with van der Waals surface area (Å²) in [5, 5.41) is 0. The molecule has 0 spiro atoms. The van der Waals surface area contributed by atoms with Crippen molar-refractivity contribution in [2.45, 2.75) is 64.5 Å². The molecule has 0 aromatic heterocycles. The van der Waals surface area contributed by atoms with Gasteiger partial charge in [-0.15, -0.1) is 0 Å². The largest absolute Gasteiger partial charge is 0.450 e. The van der Waals surface area contributed by atoms with Crippen LogP contribution in [0.2, 0.25) is 0 Å². The zero-order valence-electron chi connectivity index (χ0n) is 17.5. The van der Waals surface area contributed by atoms with E-state index in [9.17, 15) is 4.79 Å². The van der Waals surface area contributed by atoms with Gasteiger partial charge >= 0.3 is 5.97 Å². The van der Waals surface area contributed by atoms with Crippen LogP contribution in [-0.2, 0) is 16.0 Å². The lowest BCUT2D eigenvalue weighted by Crippen LogP contribution is -2.53. The van der Waals surface area contributed by atoms with Crippen molar-refractivity contribution in [2.24, 2.45) is 0 Å². The molecule has 1 aromatic carbocycles. The lowest BCUT2D eigenvalue weighted by atomic mass is 9.79. The van der Waals surface area contributed by atoms with Gasteiger partial charge in [0, 0.05) is 22.8 Å². The van der Waals surface area contributed by atoms with E-state index >= 15 is 0 Å². The van der Waals surface area contributed by atoms with Crippen molar-refractivity contribution >= 4 is 5.97 Å². The van der Waals surface area contributed by atoms with Crippen LogP contribution in [0.4, 0.5) is 0 Å². The van der Waals surface area contributed by atoms with Gasteiger partial charge in [-0.25, -0.2) is 4.79 Å². The number of ether oxygens (including phenoxy) is 1. The van der Waals surface area contributed by atoms with Crippen LogP contribution in [0, 0.1) is 11.8 Å². The molecule has 0 N–H and O–H groups in total. The minimum Gasteiger partial charge on any atom is -0.450 e. The molecule has 1 aromatic rings. The van der Waals surface area contributed by atoms with Gasteiger partial charge in [0.05, 0.1) is 6.04 Å². The summed E-state index contributed by atoms with van der Waals surface area (Å²) in [5.41, 5.74) is 3.49. The second-order valence-electron chi connectivity index (χ2n) is 7.90. The highest BCUT2D eigenvalue weighted by Gasteiger charge is 2.48. The van der Waals surface area contributed by atoms with Gasteiger partial charge in [0.2, 0.25) is 0 Å². The Morgan fingerprint density at radius 3 is 2.68 bits per heavy atom. The first-order valence-electron chi connectivity index (χ1n) is 10.4. The molecular weight excluding hydrogens is 346 g/mol. The van der Waals surface area contributed by atoms with Crippen molar-refractivity contribution in [1.82, 2.24) is 4.90 Å². The average molecular weight is 378 g/mol. The summed E-state index contributed by atoms with van der Waals surface area (Å²) in [6.45, 7) is 7.33. The predicted octanol–water partition coefficient (Wildman–Crippen LogP) is 4.66. The summed E-state index contributed by atoms with van der Waals surface area (Å²) < 4.78 is 5.90. The molecule has 2 atom stereocenters. The van der Waals surface area contributed by atoms with Crippen LogP contribution in [0.5, 0.6) is 0 Å². The minimum atomic E-state index is -0.645. The summed E-state index contributed by atoms with van der Waals surface area (Å²) in [7, 11) is 2.13. The maximum absolute atomic E-state index is 12.3. The number of carbonyl (C=O) groups excluding carboxylic acids is 1. The van der Waals surface area contributed by atoms with Gasteiger partial charge in [-0.1, -0.05) is 50.3 Å². The fourth-order valence-corrected chi connectivity index (χ4v) is 4.31. The number of cyclic esters (lactones) is 1. The summed E-state index contributed by atoms with van der Waals surface area (Å²) in [6, 6.07) is 8.55. The number of likely N-dealkylation sites (N-methyl/N-ethyl adjacent to an activating group) is 1. The van der Waals surface area contributed by atoms with Crippen LogP contribution in [0.25, 0.3) is 0 Å². The molecule has 28 heavy (non-hydrogen) atoms. The van der Waals surface area contributed by atoms with E-state index in [-0.39, 0.29) is 12.0 Å². The summed E-state index contributed by atoms with van der Waals surface area (Å²) in [4.78, 5) is 14.6. The number of hydrogen-bond donors (Lipinski definition) is 0. The molecule has 0 bridgehead atoms. The molecule has 0 amide bonds. The van der Waals surface area contributed by atoms with E-state index in [1.54, 1.807) is 6.08 Å². The third-order valence-corrected chi connectivity index (χ3v) is 5.92. The fourth-order valence-electron chi connectivity index (χ4n) is 4.31. The van der Waals surface area contributed by atoms with Crippen molar-refractivity contribution in [3.8, 4) is 11.8 Å². The average Bonchev–Trinajstić information content (AvgIpc) is 3.01. The minimum absolute atomic E-state index is 0.185. The highest BCUT2D eigenvalue weighted by molar-refractivity contribution is 5.89. The van der Waals surface area contributed by atoms with E-state index in [0.717, 1.165) is 48.9 Å². The van der Waals surface area contributed by atoms with E-state index in [1.807, 2.05) is 0 Å². The van der Waals surface area contributed by atoms with Gasteiger partial charge in [-0.05, 0) is 63.9 Å². The summed E-state index contributed by atoms with van der Waals surface area (Å²) >= 11 is 0. The maximum Gasteiger partial charge on any atom is 0.332 e. The normalized spacial score (nSPS) is 25.7. The number of piperidine rings is 1. The Morgan fingerprint density at radius 2 is 2.04 bits per heavy atom. The number of rotatable bonds is 4. The van der Waals surface area contributed by atoms with E-state index in [0.29, 0.717) is 0 Å². The molecule has 3 rings (SSSR count). The number of carbonyl (C=O) groups is 1. The SMILES string of the molecule is CC/C=C(/C#Cc1ccc(CC)cc1)C1=CC(=O)O[C@]1(C)C1CCCCN1C. The first-order valence-corrected chi connectivity index (χ1v) is 10.4. The topological polar surface area (TPSA) is 29.5 Å². The summed E-state index contributed by atoms with van der Waals surface area (Å²) in [6.07, 6.45) is 9.04. The highest BCUT2D eigenvalue weighted by atomic mass is 16.6. The first-order chi connectivity index (χ1) is 13.5. The Hall–Kier alpha value is -2.31. The number of likely N-dealkylation sites (tertiary alicyclic amines) is 1. The monoisotopic (exact) mass is 377 g/mol. The molecule has 3 nitrogen and oxygen atoms in total. The molecule has 148 valence electrons. The van der Waals surface area contributed by atoms with Crippen LogP contribution in [-0.4, -0.2) is 36.1 Å². The number of nitrogens with zero attached hydrogens (tertiary/aromatic N) is 1. The maximum atomic E-state index is 12.3. The Kier molecular flexibility index (Phi) is 6.42. The van der Waals surface area contributed by atoms with Gasteiger partial charge < -0.3 is 4.74 Å². The van der Waals surface area contributed by atoms with E-state index in [1.165, 1.54) is 12.0 Å². The fraction of sp³-hybridized carbons (Fsp3) is 0.480. The molecule has 0 radical (unpaired) electrons. The van der Waals surface area contributed by atoms with Crippen LogP contribution in [0.15, 0.2) is 47.6 Å². The predicted molar refractivity (Wildman–Crippen MR) is 114 cm³/mol. The Bertz CT molecular complexity index is 838. The van der Waals surface area contributed by atoms with Crippen LogP contribution >= 0.6 is 0 Å². The van der Waals surface area contributed by atoms with Crippen molar-refractivity contribution in [3.63, 3.8) is 0 Å². The third-order valence-electron chi connectivity index (χ3n) is 5.92. The van der Waals surface area contributed by atoms with Crippen LogP contribution in [0.1, 0.15) is 57.6 Å². The van der Waals surface area contributed by atoms with Crippen molar-refractivity contribution < 1.29 is 9.53 Å². The Morgan fingerprint density at radius 1 is 1.29 bits per heavy atom. The van der Waals surface area contributed by atoms with Crippen molar-refractivity contribution in [2.75, 3.05) is 13.6 Å². The van der Waals surface area contributed by atoms with Crippen molar-refractivity contribution in [1.29, 1.82) is 0 Å². The van der Waals surface area contributed by atoms with Gasteiger partial charge in [-0.3, -0.25) is 4.90 Å². The van der Waals surface area contributed by atoms with E-state index < -0.39 is 5.60 Å². The molecule has 2 heterocycles. The molecule has 1 unspecified atom stereocenters.